The van der Waals surface area contributed by atoms with Gasteiger partial charge in [0.1, 0.15) is 5.75 Å². The SMILES string of the molecule is COc1ccc(CC(=O)Nc2ccc3nc(NS(C)(=O)=O)sc3c2)cc1. The average molecular weight is 391 g/mol. The molecule has 3 aromatic rings. The third-order valence-corrected chi connectivity index (χ3v) is 5.10. The molecule has 1 heterocycles. The predicted octanol–water partition coefficient (Wildman–Crippen LogP) is 2.86. The molecule has 0 saturated carbocycles. The Morgan fingerprint density at radius 1 is 1.19 bits per heavy atom. The van der Waals surface area contributed by atoms with E-state index in [9.17, 15) is 13.2 Å². The van der Waals surface area contributed by atoms with Crippen LogP contribution < -0.4 is 14.8 Å². The third-order valence-electron chi connectivity index (χ3n) is 3.47. The normalized spacial score (nSPS) is 11.3. The Balaban J connectivity index is 1.70. The summed E-state index contributed by atoms with van der Waals surface area (Å²) in [5.74, 6) is 0.594. The maximum Gasteiger partial charge on any atom is 0.231 e. The van der Waals surface area contributed by atoms with Gasteiger partial charge in [-0.05, 0) is 35.9 Å². The molecule has 0 aliphatic rings. The molecule has 136 valence electrons. The van der Waals surface area contributed by atoms with Crippen LogP contribution in [0.1, 0.15) is 5.56 Å². The lowest BCUT2D eigenvalue weighted by Gasteiger charge is -2.06. The van der Waals surface area contributed by atoms with E-state index in [1.54, 1.807) is 25.3 Å². The van der Waals surface area contributed by atoms with E-state index < -0.39 is 10.0 Å². The van der Waals surface area contributed by atoms with Crippen LogP contribution in [-0.2, 0) is 21.2 Å². The highest BCUT2D eigenvalue weighted by molar-refractivity contribution is 7.92. The lowest BCUT2D eigenvalue weighted by molar-refractivity contribution is -0.115. The van der Waals surface area contributed by atoms with Gasteiger partial charge in [0.2, 0.25) is 15.9 Å². The maximum absolute atomic E-state index is 12.2. The number of carbonyl (C=O) groups is 1. The van der Waals surface area contributed by atoms with Crippen molar-refractivity contribution in [3.8, 4) is 5.75 Å². The lowest BCUT2D eigenvalue weighted by Crippen LogP contribution is -2.14. The van der Waals surface area contributed by atoms with Crippen LogP contribution >= 0.6 is 11.3 Å². The summed E-state index contributed by atoms with van der Waals surface area (Å²) >= 11 is 1.21. The van der Waals surface area contributed by atoms with Gasteiger partial charge in [-0.1, -0.05) is 23.5 Å². The smallest absolute Gasteiger partial charge is 0.231 e. The molecule has 1 amide bonds. The first-order valence-corrected chi connectivity index (χ1v) is 10.3. The molecular formula is C17H17N3O4S2. The summed E-state index contributed by atoms with van der Waals surface area (Å²) in [5.41, 5.74) is 2.17. The number of nitrogens with one attached hydrogen (secondary N) is 2. The Hall–Kier alpha value is -2.65. The minimum Gasteiger partial charge on any atom is -0.497 e. The average Bonchev–Trinajstić information content (AvgIpc) is 2.94. The van der Waals surface area contributed by atoms with E-state index in [0.717, 1.165) is 22.3 Å². The number of sulfonamides is 1. The zero-order chi connectivity index (χ0) is 18.7. The molecule has 0 radical (unpaired) electrons. The van der Waals surface area contributed by atoms with E-state index in [1.807, 2.05) is 24.3 Å². The molecule has 7 nitrogen and oxygen atoms in total. The van der Waals surface area contributed by atoms with Crippen molar-refractivity contribution in [1.29, 1.82) is 0 Å². The summed E-state index contributed by atoms with van der Waals surface area (Å²) in [7, 11) is -1.78. The van der Waals surface area contributed by atoms with Gasteiger partial charge in [0.05, 0.1) is 30.0 Å². The Morgan fingerprint density at radius 3 is 2.58 bits per heavy atom. The molecule has 9 heteroatoms. The number of anilines is 2. The van der Waals surface area contributed by atoms with E-state index in [0.29, 0.717) is 16.3 Å². The predicted molar refractivity (Wildman–Crippen MR) is 103 cm³/mol. The fourth-order valence-electron chi connectivity index (χ4n) is 2.34. The van der Waals surface area contributed by atoms with Crippen molar-refractivity contribution in [2.45, 2.75) is 6.42 Å². The molecule has 2 N–H and O–H groups in total. The van der Waals surface area contributed by atoms with Crippen LogP contribution in [0.3, 0.4) is 0 Å². The van der Waals surface area contributed by atoms with E-state index in [2.05, 4.69) is 15.0 Å². The zero-order valence-electron chi connectivity index (χ0n) is 14.1. The minimum absolute atomic E-state index is 0.145. The number of fused-ring (bicyclic) bond motifs is 1. The fourth-order valence-corrected chi connectivity index (χ4v) is 4.08. The Bertz CT molecular complexity index is 1040. The standard InChI is InChI=1S/C17H17N3O4S2/c1-24-13-6-3-11(4-7-13)9-16(21)18-12-5-8-14-15(10-12)25-17(19-14)20-26(2,22)23/h3-8,10H,9H2,1-2H3,(H,18,21)(H,19,20). The highest BCUT2D eigenvalue weighted by Crippen LogP contribution is 2.29. The number of amides is 1. The van der Waals surface area contributed by atoms with Gasteiger partial charge >= 0.3 is 0 Å². The van der Waals surface area contributed by atoms with Crippen LogP contribution in [0.2, 0.25) is 0 Å². The summed E-state index contributed by atoms with van der Waals surface area (Å²) < 4.78 is 30.8. The number of aromatic nitrogens is 1. The van der Waals surface area contributed by atoms with Crippen LogP contribution in [0.4, 0.5) is 10.8 Å². The number of hydrogen-bond acceptors (Lipinski definition) is 6. The van der Waals surface area contributed by atoms with Gasteiger partial charge in [-0.3, -0.25) is 9.52 Å². The Kier molecular flexibility index (Phi) is 5.10. The largest absolute Gasteiger partial charge is 0.497 e. The van der Waals surface area contributed by atoms with Gasteiger partial charge in [0.15, 0.2) is 5.13 Å². The quantitative estimate of drug-likeness (QED) is 0.673. The number of carbonyl (C=O) groups excluding carboxylic acids is 1. The van der Waals surface area contributed by atoms with Crippen molar-refractivity contribution < 1.29 is 17.9 Å². The molecular weight excluding hydrogens is 374 g/mol. The van der Waals surface area contributed by atoms with Crippen molar-refractivity contribution in [1.82, 2.24) is 4.98 Å². The topological polar surface area (TPSA) is 97.4 Å². The van der Waals surface area contributed by atoms with Crippen molar-refractivity contribution in [2.75, 3.05) is 23.4 Å². The Labute approximate surface area is 155 Å². The van der Waals surface area contributed by atoms with Crippen LogP contribution in [0, 0.1) is 0 Å². The van der Waals surface area contributed by atoms with Crippen LogP contribution in [0.5, 0.6) is 5.75 Å². The molecule has 0 saturated heterocycles. The number of rotatable bonds is 6. The second-order valence-electron chi connectivity index (χ2n) is 5.65. The van der Waals surface area contributed by atoms with Crippen LogP contribution in [0.15, 0.2) is 42.5 Å². The van der Waals surface area contributed by atoms with Gasteiger partial charge in [0, 0.05) is 5.69 Å². The number of methoxy groups -OCH3 is 1. The maximum atomic E-state index is 12.2. The Morgan fingerprint density at radius 2 is 1.92 bits per heavy atom. The summed E-state index contributed by atoms with van der Waals surface area (Å²) in [4.78, 5) is 16.4. The van der Waals surface area contributed by atoms with Crippen molar-refractivity contribution in [2.24, 2.45) is 0 Å². The van der Waals surface area contributed by atoms with E-state index in [1.165, 1.54) is 11.3 Å². The number of thiazole rings is 1. The molecule has 0 atom stereocenters. The third kappa shape index (κ3) is 4.70. The highest BCUT2D eigenvalue weighted by atomic mass is 32.2. The summed E-state index contributed by atoms with van der Waals surface area (Å²) in [5, 5.41) is 3.13. The molecule has 0 unspecified atom stereocenters. The number of ether oxygens (including phenoxy) is 1. The van der Waals surface area contributed by atoms with Crippen molar-refractivity contribution in [3.63, 3.8) is 0 Å². The first kappa shape index (κ1) is 18.2. The first-order valence-electron chi connectivity index (χ1n) is 7.63. The van der Waals surface area contributed by atoms with E-state index >= 15 is 0 Å². The summed E-state index contributed by atoms with van der Waals surface area (Å²) in [6, 6.07) is 12.5. The molecule has 0 fully saturated rings. The molecule has 0 aliphatic heterocycles. The van der Waals surface area contributed by atoms with Crippen molar-refractivity contribution in [3.05, 3.63) is 48.0 Å². The van der Waals surface area contributed by atoms with Gasteiger partial charge < -0.3 is 10.1 Å². The molecule has 1 aromatic heterocycles. The molecule has 0 bridgehead atoms. The molecule has 26 heavy (non-hydrogen) atoms. The van der Waals surface area contributed by atoms with E-state index in [4.69, 9.17) is 4.74 Å². The zero-order valence-corrected chi connectivity index (χ0v) is 15.8. The number of benzene rings is 2. The summed E-state index contributed by atoms with van der Waals surface area (Å²) in [6.07, 6.45) is 1.31. The fraction of sp³-hybridized carbons (Fsp3) is 0.176. The number of nitrogens with zero attached hydrogens (tertiary/aromatic N) is 1. The van der Waals surface area contributed by atoms with Gasteiger partial charge in [-0.15, -0.1) is 0 Å². The van der Waals surface area contributed by atoms with Gasteiger partial charge in [-0.2, -0.15) is 0 Å². The monoisotopic (exact) mass is 391 g/mol. The van der Waals surface area contributed by atoms with Gasteiger partial charge in [0.25, 0.3) is 0 Å². The molecule has 0 spiro atoms. The summed E-state index contributed by atoms with van der Waals surface area (Å²) in [6.45, 7) is 0. The molecule has 0 aliphatic carbocycles. The van der Waals surface area contributed by atoms with Crippen molar-refractivity contribution >= 4 is 48.3 Å². The highest BCUT2D eigenvalue weighted by Gasteiger charge is 2.10. The second-order valence-corrected chi connectivity index (χ2v) is 8.43. The van der Waals surface area contributed by atoms with Crippen LogP contribution in [-0.4, -0.2) is 32.7 Å². The molecule has 3 rings (SSSR count). The van der Waals surface area contributed by atoms with Gasteiger partial charge in [-0.25, -0.2) is 13.4 Å². The molecule has 2 aromatic carbocycles. The number of hydrogen-bond donors (Lipinski definition) is 2. The lowest BCUT2D eigenvalue weighted by atomic mass is 10.1. The minimum atomic E-state index is -3.37. The van der Waals surface area contributed by atoms with E-state index in [-0.39, 0.29) is 12.3 Å². The first-order chi connectivity index (χ1) is 12.3. The van der Waals surface area contributed by atoms with Crippen LogP contribution in [0.25, 0.3) is 10.2 Å². The second kappa shape index (κ2) is 7.30.